The summed E-state index contributed by atoms with van der Waals surface area (Å²) < 4.78 is 16.7. The summed E-state index contributed by atoms with van der Waals surface area (Å²) in [4.78, 5) is 26.2. The molecule has 168 valence electrons. The Kier molecular flexibility index (Phi) is 8.69. The fraction of sp³-hybridized carbons (Fsp3) is 0.391. The van der Waals surface area contributed by atoms with Crippen LogP contribution in [0.4, 0.5) is 11.4 Å². The largest absolute Gasteiger partial charge is 0.492 e. The highest BCUT2D eigenvalue weighted by Crippen LogP contribution is 2.34. The van der Waals surface area contributed by atoms with Gasteiger partial charge < -0.3 is 29.5 Å². The Morgan fingerprint density at radius 1 is 1.13 bits per heavy atom. The van der Waals surface area contributed by atoms with Gasteiger partial charge in [-0.05, 0) is 59.1 Å². The Bertz CT molecular complexity index is 911. The fourth-order valence-corrected chi connectivity index (χ4v) is 2.80. The fourth-order valence-electron chi connectivity index (χ4n) is 2.80. The molecule has 0 aliphatic rings. The van der Waals surface area contributed by atoms with Gasteiger partial charge in [0.2, 0.25) is 0 Å². The highest BCUT2D eigenvalue weighted by Gasteiger charge is 2.22. The van der Waals surface area contributed by atoms with Crippen LogP contribution in [0.5, 0.6) is 11.5 Å². The highest BCUT2D eigenvalue weighted by atomic mass is 16.5. The third-order valence-electron chi connectivity index (χ3n) is 4.17. The second kappa shape index (κ2) is 11.2. The van der Waals surface area contributed by atoms with Gasteiger partial charge in [-0.25, -0.2) is 9.59 Å². The van der Waals surface area contributed by atoms with Crippen LogP contribution in [0, 0.1) is 0 Å². The molecule has 0 unspecified atom stereocenters. The Hall–Kier alpha value is -3.26. The van der Waals surface area contributed by atoms with Crippen LogP contribution >= 0.6 is 0 Å². The number of aromatic carboxylic acids is 1. The first kappa shape index (κ1) is 24.0. The molecule has 0 saturated heterocycles. The highest BCUT2D eigenvalue weighted by molar-refractivity contribution is 6.07. The van der Waals surface area contributed by atoms with Gasteiger partial charge in [0.25, 0.3) is 0 Å². The molecule has 2 aromatic carbocycles. The van der Waals surface area contributed by atoms with Crippen molar-refractivity contribution >= 4 is 23.3 Å². The van der Waals surface area contributed by atoms with E-state index in [1.165, 1.54) is 6.07 Å². The van der Waals surface area contributed by atoms with E-state index in [0.29, 0.717) is 23.8 Å². The van der Waals surface area contributed by atoms with E-state index in [1.54, 1.807) is 37.3 Å². The molecule has 0 heterocycles. The van der Waals surface area contributed by atoms with E-state index in [9.17, 15) is 14.7 Å². The lowest BCUT2D eigenvalue weighted by Crippen LogP contribution is -2.19. The van der Waals surface area contributed by atoms with Gasteiger partial charge in [-0.1, -0.05) is 6.07 Å². The van der Waals surface area contributed by atoms with E-state index >= 15 is 0 Å². The van der Waals surface area contributed by atoms with E-state index in [-0.39, 0.29) is 29.5 Å². The van der Waals surface area contributed by atoms with Crippen molar-refractivity contribution in [2.45, 2.75) is 26.9 Å². The van der Waals surface area contributed by atoms with Crippen LogP contribution in [0.2, 0.25) is 0 Å². The van der Waals surface area contributed by atoms with Crippen LogP contribution in [-0.4, -0.2) is 61.9 Å². The third kappa shape index (κ3) is 6.89. The Morgan fingerprint density at radius 3 is 2.48 bits per heavy atom. The summed E-state index contributed by atoms with van der Waals surface area (Å²) in [5, 5.41) is 12.8. The monoisotopic (exact) mass is 430 g/mol. The number of carbonyl (C=O) groups excluding carboxylic acids is 1. The molecule has 0 fully saturated rings. The van der Waals surface area contributed by atoms with Crippen molar-refractivity contribution < 1.29 is 28.9 Å². The number of carbonyl (C=O) groups is 2. The second-order valence-corrected chi connectivity index (χ2v) is 7.36. The predicted octanol–water partition coefficient (Wildman–Crippen LogP) is 4.03. The molecule has 0 aromatic heterocycles. The van der Waals surface area contributed by atoms with Gasteiger partial charge in [-0.3, -0.25) is 0 Å². The molecule has 0 bridgehead atoms. The Labute approximate surface area is 182 Å². The standard InChI is InChI=1S/C23H30N2O6/c1-6-29-23(28)17-8-7-9-19(21(17)22(26)27)24-18-11-10-16(30-13-12-25(4)5)14-20(18)31-15(2)3/h7-11,14-15,24H,6,12-13H2,1-5H3,(H,26,27). The summed E-state index contributed by atoms with van der Waals surface area (Å²) in [5.74, 6) is -0.773. The summed E-state index contributed by atoms with van der Waals surface area (Å²) in [7, 11) is 3.93. The SMILES string of the molecule is CCOC(=O)c1cccc(Nc2ccc(OCCN(C)C)cc2OC(C)C)c1C(=O)O. The van der Waals surface area contributed by atoms with E-state index in [2.05, 4.69) is 5.32 Å². The van der Waals surface area contributed by atoms with Crippen molar-refractivity contribution in [1.29, 1.82) is 0 Å². The molecule has 0 aliphatic carbocycles. The number of likely N-dealkylation sites (N-methyl/N-ethyl adjacent to an activating group) is 1. The van der Waals surface area contributed by atoms with E-state index < -0.39 is 11.9 Å². The zero-order chi connectivity index (χ0) is 23.0. The molecule has 0 saturated carbocycles. The maximum atomic E-state index is 12.2. The lowest BCUT2D eigenvalue weighted by Gasteiger charge is -2.19. The normalized spacial score (nSPS) is 10.8. The number of carboxylic acid groups (broad SMARTS) is 1. The van der Waals surface area contributed by atoms with E-state index in [0.717, 1.165) is 6.54 Å². The number of nitrogens with zero attached hydrogens (tertiary/aromatic N) is 1. The Morgan fingerprint density at radius 2 is 1.87 bits per heavy atom. The maximum Gasteiger partial charge on any atom is 0.339 e. The van der Waals surface area contributed by atoms with Gasteiger partial charge in [-0.2, -0.15) is 0 Å². The topological polar surface area (TPSA) is 97.3 Å². The van der Waals surface area contributed by atoms with E-state index in [1.807, 2.05) is 32.8 Å². The summed E-state index contributed by atoms with van der Waals surface area (Å²) in [6.07, 6.45) is -0.109. The minimum absolute atomic E-state index is 0.0192. The molecular formula is C23H30N2O6. The molecule has 0 amide bonds. The molecule has 0 atom stereocenters. The number of anilines is 2. The number of hydrogen-bond donors (Lipinski definition) is 2. The van der Waals surface area contributed by atoms with Gasteiger partial charge in [-0.15, -0.1) is 0 Å². The number of rotatable bonds is 11. The average molecular weight is 431 g/mol. The minimum Gasteiger partial charge on any atom is -0.492 e. The van der Waals surface area contributed by atoms with Crippen molar-refractivity contribution in [2.75, 3.05) is 39.2 Å². The second-order valence-electron chi connectivity index (χ2n) is 7.36. The zero-order valence-corrected chi connectivity index (χ0v) is 18.6. The molecule has 2 rings (SSSR count). The lowest BCUT2D eigenvalue weighted by molar-refractivity contribution is 0.0515. The Balaban J connectivity index is 2.39. The van der Waals surface area contributed by atoms with E-state index in [4.69, 9.17) is 14.2 Å². The van der Waals surface area contributed by atoms with Crippen LogP contribution in [-0.2, 0) is 4.74 Å². The van der Waals surface area contributed by atoms with Gasteiger partial charge in [0.1, 0.15) is 18.1 Å². The number of hydrogen-bond acceptors (Lipinski definition) is 7. The first-order valence-corrected chi connectivity index (χ1v) is 10.1. The van der Waals surface area contributed by atoms with Gasteiger partial charge >= 0.3 is 11.9 Å². The van der Waals surface area contributed by atoms with Gasteiger partial charge in [0.05, 0.1) is 35.2 Å². The van der Waals surface area contributed by atoms with Crippen LogP contribution in [0.25, 0.3) is 0 Å². The first-order chi connectivity index (χ1) is 14.7. The van der Waals surface area contributed by atoms with Gasteiger partial charge in [0, 0.05) is 12.6 Å². The summed E-state index contributed by atoms with van der Waals surface area (Å²) in [5.41, 5.74) is 0.627. The number of esters is 1. The summed E-state index contributed by atoms with van der Waals surface area (Å²) in [6, 6.07) is 9.91. The van der Waals surface area contributed by atoms with Crippen LogP contribution in [0.1, 0.15) is 41.5 Å². The minimum atomic E-state index is -1.24. The van der Waals surface area contributed by atoms with Crippen LogP contribution < -0.4 is 14.8 Å². The van der Waals surface area contributed by atoms with Crippen molar-refractivity contribution in [3.8, 4) is 11.5 Å². The maximum absolute atomic E-state index is 12.2. The quantitative estimate of drug-likeness (QED) is 0.516. The van der Waals surface area contributed by atoms with Crippen molar-refractivity contribution in [1.82, 2.24) is 4.90 Å². The molecule has 8 nitrogen and oxygen atoms in total. The van der Waals surface area contributed by atoms with Crippen LogP contribution in [0.3, 0.4) is 0 Å². The lowest BCUT2D eigenvalue weighted by atomic mass is 10.0. The number of ether oxygens (including phenoxy) is 3. The van der Waals surface area contributed by atoms with Gasteiger partial charge in [0.15, 0.2) is 0 Å². The number of carboxylic acids is 1. The molecule has 2 N–H and O–H groups in total. The molecule has 8 heteroatoms. The molecule has 2 aromatic rings. The molecule has 0 aliphatic heterocycles. The summed E-state index contributed by atoms with van der Waals surface area (Å²) >= 11 is 0. The first-order valence-electron chi connectivity index (χ1n) is 10.1. The third-order valence-corrected chi connectivity index (χ3v) is 4.17. The predicted molar refractivity (Wildman–Crippen MR) is 119 cm³/mol. The molecule has 0 spiro atoms. The molecule has 0 radical (unpaired) electrons. The molecular weight excluding hydrogens is 400 g/mol. The van der Waals surface area contributed by atoms with Crippen molar-refractivity contribution in [2.24, 2.45) is 0 Å². The van der Waals surface area contributed by atoms with Crippen LogP contribution in [0.15, 0.2) is 36.4 Å². The zero-order valence-electron chi connectivity index (χ0n) is 18.6. The number of nitrogens with one attached hydrogen (secondary N) is 1. The summed E-state index contributed by atoms with van der Waals surface area (Å²) in [6.45, 7) is 6.89. The smallest absolute Gasteiger partial charge is 0.339 e. The van der Waals surface area contributed by atoms with Crippen molar-refractivity contribution in [3.05, 3.63) is 47.5 Å². The molecule has 31 heavy (non-hydrogen) atoms. The average Bonchev–Trinajstić information content (AvgIpc) is 2.69. The number of benzene rings is 2. The van der Waals surface area contributed by atoms with Crippen molar-refractivity contribution in [3.63, 3.8) is 0 Å².